The number of thiophene rings is 1. The second-order valence-corrected chi connectivity index (χ2v) is 4.88. The van der Waals surface area contributed by atoms with E-state index in [4.69, 9.17) is 0 Å². The summed E-state index contributed by atoms with van der Waals surface area (Å²) in [6.45, 7) is 11.1. The summed E-state index contributed by atoms with van der Waals surface area (Å²) in [4.78, 5) is 3.87. The maximum absolute atomic E-state index is 3.55. The Hall–Kier alpha value is -0.380. The van der Waals surface area contributed by atoms with E-state index in [2.05, 4.69) is 48.5 Å². The molecule has 2 nitrogen and oxygen atoms in total. The Morgan fingerprint density at radius 1 is 1.40 bits per heavy atom. The maximum Gasteiger partial charge on any atom is 0.0302 e. The zero-order valence-corrected chi connectivity index (χ0v) is 10.8. The number of hydrogen-bond donors (Lipinski definition) is 1. The van der Waals surface area contributed by atoms with Crippen LogP contribution in [0.4, 0.5) is 0 Å². The molecule has 0 bridgehead atoms. The third-order valence-electron chi connectivity index (χ3n) is 2.63. The normalized spacial score (nSPS) is 13.3. The molecule has 0 aliphatic rings. The fourth-order valence-corrected chi connectivity index (χ4v) is 2.28. The molecule has 15 heavy (non-hydrogen) atoms. The second-order valence-electron chi connectivity index (χ2n) is 3.85. The Morgan fingerprint density at radius 2 is 2.13 bits per heavy atom. The first kappa shape index (κ1) is 12.7. The van der Waals surface area contributed by atoms with E-state index in [1.165, 1.54) is 4.88 Å². The lowest BCUT2D eigenvalue weighted by Gasteiger charge is -2.23. The summed E-state index contributed by atoms with van der Waals surface area (Å²) in [5.74, 6) is 0. The van der Waals surface area contributed by atoms with Crippen molar-refractivity contribution in [2.45, 2.75) is 33.4 Å². The lowest BCUT2D eigenvalue weighted by atomic mass is 10.3. The topological polar surface area (TPSA) is 15.3 Å². The standard InChI is InChI=1S/C12H22N2S/c1-4-14(5-2)10-11(3)13-9-12-7-6-8-15-12/h6-8,11,13H,4-5,9-10H2,1-3H3. The summed E-state index contributed by atoms with van der Waals surface area (Å²) in [5.41, 5.74) is 0. The van der Waals surface area contributed by atoms with Crippen LogP contribution in [0.2, 0.25) is 0 Å². The van der Waals surface area contributed by atoms with Crippen LogP contribution in [0.25, 0.3) is 0 Å². The molecule has 1 heterocycles. The van der Waals surface area contributed by atoms with Crippen LogP contribution >= 0.6 is 11.3 Å². The van der Waals surface area contributed by atoms with E-state index in [9.17, 15) is 0 Å². The van der Waals surface area contributed by atoms with Crippen molar-refractivity contribution < 1.29 is 0 Å². The molecule has 0 aliphatic heterocycles. The lowest BCUT2D eigenvalue weighted by molar-refractivity contribution is 0.271. The summed E-state index contributed by atoms with van der Waals surface area (Å²) in [6, 6.07) is 4.85. The Balaban J connectivity index is 2.21. The van der Waals surface area contributed by atoms with Crippen LogP contribution in [-0.4, -0.2) is 30.6 Å². The molecule has 0 aliphatic carbocycles. The minimum absolute atomic E-state index is 0.562. The molecule has 1 unspecified atom stereocenters. The Bertz CT molecular complexity index is 242. The van der Waals surface area contributed by atoms with E-state index in [0.717, 1.165) is 26.2 Å². The lowest BCUT2D eigenvalue weighted by Crippen LogP contribution is -2.38. The highest BCUT2D eigenvalue weighted by Crippen LogP contribution is 2.07. The van der Waals surface area contributed by atoms with Crippen molar-refractivity contribution in [1.82, 2.24) is 10.2 Å². The molecule has 86 valence electrons. The fraction of sp³-hybridized carbons (Fsp3) is 0.667. The smallest absolute Gasteiger partial charge is 0.0302 e. The predicted molar refractivity (Wildman–Crippen MR) is 68.4 cm³/mol. The molecule has 0 aromatic carbocycles. The van der Waals surface area contributed by atoms with Crippen LogP contribution < -0.4 is 5.32 Å². The van der Waals surface area contributed by atoms with Crippen molar-refractivity contribution in [1.29, 1.82) is 0 Å². The minimum atomic E-state index is 0.562. The number of hydrogen-bond acceptors (Lipinski definition) is 3. The maximum atomic E-state index is 3.55. The van der Waals surface area contributed by atoms with Gasteiger partial charge in [-0.3, -0.25) is 0 Å². The largest absolute Gasteiger partial charge is 0.308 e. The summed E-state index contributed by atoms with van der Waals surface area (Å²) in [7, 11) is 0. The summed E-state index contributed by atoms with van der Waals surface area (Å²) in [6.07, 6.45) is 0. The first-order chi connectivity index (χ1) is 7.26. The van der Waals surface area contributed by atoms with Crippen LogP contribution in [0.3, 0.4) is 0 Å². The van der Waals surface area contributed by atoms with Gasteiger partial charge in [-0.05, 0) is 31.5 Å². The highest BCUT2D eigenvalue weighted by atomic mass is 32.1. The Kier molecular flexibility index (Phi) is 5.91. The van der Waals surface area contributed by atoms with E-state index in [1.54, 1.807) is 0 Å². The summed E-state index contributed by atoms with van der Waals surface area (Å²) in [5, 5.41) is 5.68. The van der Waals surface area contributed by atoms with Crippen molar-refractivity contribution in [3.05, 3.63) is 22.4 Å². The van der Waals surface area contributed by atoms with Gasteiger partial charge >= 0.3 is 0 Å². The average molecular weight is 226 g/mol. The first-order valence-corrected chi connectivity index (χ1v) is 6.62. The molecule has 0 amide bonds. The molecule has 1 atom stereocenters. The van der Waals surface area contributed by atoms with E-state index >= 15 is 0 Å². The monoisotopic (exact) mass is 226 g/mol. The molecule has 1 N–H and O–H groups in total. The summed E-state index contributed by atoms with van der Waals surface area (Å²) < 4.78 is 0. The average Bonchev–Trinajstić information content (AvgIpc) is 2.75. The zero-order chi connectivity index (χ0) is 11.1. The van der Waals surface area contributed by atoms with Gasteiger partial charge in [-0.25, -0.2) is 0 Å². The highest BCUT2D eigenvalue weighted by molar-refractivity contribution is 7.09. The first-order valence-electron chi connectivity index (χ1n) is 5.74. The highest BCUT2D eigenvalue weighted by Gasteiger charge is 2.06. The van der Waals surface area contributed by atoms with Crippen LogP contribution in [0.15, 0.2) is 17.5 Å². The van der Waals surface area contributed by atoms with Gasteiger partial charge in [-0.2, -0.15) is 0 Å². The molecule has 0 fully saturated rings. The van der Waals surface area contributed by atoms with Crippen molar-refractivity contribution in [2.24, 2.45) is 0 Å². The molecule has 3 heteroatoms. The third kappa shape index (κ3) is 4.78. The molecule has 0 saturated heterocycles. The molecule has 1 rings (SSSR count). The van der Waals surface area contributed by atoms with Gasteiger partial charge in [-0.15, -0.1) is 11.3 Å². The molecule has 0 radical (unpaired) electrons. The summed E-state index contributed by atoms with van der Waals surface area (Å²) >= 11 is 1.82. The third-order valence-corrected chi connectivity index (χ3v) is 3.51. The van der Waals surface area contributed by atoms with E-state index in [1.807, 2.05) is 11.3 Å². The molecular weight excluding hydrogens is 204 g/mol. The van der Waals surface area contributed by atoms with Crippen molar-refractivity contribution in [3.63, 3.8) is 0 Å². The predicted octanol–water partition coefficient (Wildman–Crippen LogP) is 2.57. The van der Waals surface area contributed by atoms with Gasteiger partial charge in [0.05, 0.1) is 0 Å². The minimum Gasteiger partial charge on any atom is -0.308 e. The van der Waals surface area contributed by atoms with Gasteiger partial charge in [0.25, 0.3) is 0 Å². The van der Waals surface area contributed by atoms with Crippen LogP contribution in [0.1, 0.15) is 25.6 Å². The van der Waals surface area contributed by atoms with E-state index in [0.29, 0.717) is 6.04 Å². The van der Waals surface area contributed by atoms with Crippen LogP contribution in [-0.2, 0) is 6.54 Å². The van der Waals surface area contributed by atoms with Gasteiger partial charge in [-0.1, -0.05) is 19.9 Å². The van der Waals surface area contributed by atoms with Gasteiger partial charge in [0.1, 0.15) is 0 Å². The number of nitrogens with one attached hydrogen (secondary N) is 1. The van der Waals surface area contributed by atoms with Crippen molar-refractivity contribution in [2.75, 3.05) is 19.6 Å². The molecule has 0 spiro atoms. The quantitative estimate of drug-likeness (QED) is 0.769. The number of likely N-dealkylation sites (N-methyl/N-ethyl adjacent to an activating group) is 1. The molecule has 1 aromatic rings. The zero-order valence-electron chi connectivity index (χ0n) is 9.99. The van der Waals surface area contributed by atoms with Crippen molar-refractivity contribution in [3.8, 4) is 0 Å². The Labute approximate surface area is 97.3 Å². The van der Waals surface area contributed by atoms with E-state index < -0.39 is 0 Å². The SMILES string of the molecule is CCN(CC)CC(C)NCc1cccs1. The van der Waals surface area contributed by atoms with Gasteiger partial charge in [0, 0.05) is 24.0 Å². The Morgan fingerprint density at radius 3 is 2.67 bits per heavy atom. The second kappa shape index (κ2) is 6.99. The molecular formula is C12H22N2S. The number of nitrogens with zero attached hydrogens (tertiary/aromatic N) is 1. The van der Waals surface area contributed by atoms with Crippen LogP contribution in [0, 0.1) is 0 Å². The van der Waals surface area contributed by atoms with Gasteiger partial charge < -0.3 is 10.2 Å². The van der Waals surface area contributed by atoms with Gasteiger partial charge in [0.15, 0.2) is 0 Å². The molecule has 0 saturated carbocycles. The fourth-order valence-electron chi connectivity index (χ4n) is 1.62. The van der Waals surface area contributed by atoms with Crippen molar-refractivity contribution >= 4 is 11.3 Å². The number of rotatable bonds is 7. The van der Waals surface area contributed by atoms with Crippen LogP contribution in [0.5, 0.6) is 0 Å². The van der Waals surface area contributed by atoms with Gasteiger partial charge in [0.2, 0.25) is 0 Å². The molecule has 1 aromatic heterocycles. The van der Waals surface area contributed by atoms with E-state index in [-0.39, 0.29) is 0 Å².